The second-order valence-corrected chi connectivity index (χ2v) is 5.27. The molecule has 0 aromatic heterocycles. The summed E-state index contributed by atoms with van der Waals surface area (Å²) in [6.45, 7) is 6.73. The lowest BCUT2D eigenvalue weighted by Crippen LogP contribution is -2.55. The van der Waals surface area contributed by atoms with Crippen LogP contribution in [0.25, 0.3) is 0 Å². The zero-order valence-electron chi connectivity index (χ0n) is 12.5. The average molecular weight is 277 g/mol. The molecule has 1 amide bonds. The van der Waals surface area contributed by atoms with Crippen molar-refractivity contribution in [1.82, 2.24) is 0 Å². The number of fused-ring (bicyclic) bond motifs is 1. The van der Waals surface area contributed by atoms with Crippen molar-refractivity contribution in [2.24, 2.45) is 0 Å². The molecule has 1 heterocycles. The van der Waals surface area contributed by atoms with Crippen molar-refractivity contribution in [2.75, 3.05) is 11.4 Å². The number of phenolic OH excluding ortho intramolecular Hbond substituents is 1. The summed E-state index contributed by atoms with van der Waals surface area (Å²) in [5.41, 5.74) is -0.0343. The first-order valence-corrected chi connectivity index (χ1v) is 7.42. The third kappa shape index (κ3) is 2.35. The monoisotopic (exact) mass is 277 g/mol. The Bertz CT molecular complexity index is 494. The van der Waals surface area contributed by atoms with Gasteiger partial charge in [-0.05, 0) is 31.4 Å². The van der Waals surface area contributed by atoms with E-state index in [1.165, 1.54) is 0 Å². The van der Waals surface area contributed by atoms with Gasteiger partial charge in [-0.25, -0.2) is 0 Å². The van der Waals surface area contributed by atoms with E-state index in [9.17, 15) is 9.90 Å². The first-order valence-electron chi connectivity index (χ1n) is 7.42. The van der Waals surface area contributed by atoms with Crippen molar-refractivity contribution in [3.05, 3.63) is 18.2 Å². The standard InChI is InChI=1S/C16H23NO3/c1-4-7-10-17-13-9-8-12(18)11-14(13)20-16(5-2,6-3)15(17)19/h8-9,11,18H,4-7,10H2,1-3H3. The van der Waals surface area contributed by atoms with E-state index in [1.807, 2.05) is 18.7 Å². The number of carbonyl (C=O) groups excluding carboxylic acids is 1. The van der Waals surface area contributed by atoms with E-state index in [0.717, 1.165) is 18.5 Å². The molecular formula is C16H23NO3. The maximum Gasteiger partial charge on any atom is 0.271 e. The van der Waals surface area contributed by atoms with E-state index in [-0.39, 0.29) is 11.7 Å². The predicted octanol–water partition coefficient (Wildman–Crippen LogP) is 3.48. The second-order valence-electron chi connectivity index (χ2n) is 5.27. The molecule has 1 aromatic carbocycles. The fraction of sp³-hybridized carbons (Fsp3) is 0.562. The Kier molecular flexibility index (Phi) is 4.21. The van der Waals surface area contributed by atoms with Crippen molar-refractivity contribution in [1.29, 1.82) is 0 Å². The van der Waals surface area contributed by atoms with Gasteiger partial charge in [0.2, 0.25) is 0 Å². The molecule has 4 heteroatoms. The minimum Gasteiger partial charge on any atom is -0.508 e. The Hall–Kier alpha value is -1.71. The second kappa shape index (κ2) is 5.73. The van der Waals surface area contributed by atoms with Crippen LogP contribution in [0.4, 0.5) is 5.69 Å². The molecule has 0 unspecified atom stereocenters. The van der Waals surface area contributed by atoms with E-state index < -0.39 is 5.60 Å². The smallest absolute Gasteiger partial charge is 0.271 e. The molecule has 1 aliphatic heterocycles. The van der Waals surface area contributed by atoms with E-state index in [0.29, 0.717) is 25.1 Å². The van der Waals surface area contributed by atoms with Gasteiger partial charge in [0.25, 0.3) is 5.91 Å². The Morgan fingerprint density at radius 2 is 1.95 bits per heavy atom. The number of ether oxygens (including phenoxy) is 1. The molecule has 0 saturated heterocycles. The van der Waals surface area contributed by atoms with Crippen molar-refractivity contribution < 1.29 is 14.6 Å². The molecule has 0 fully saturated rings. The summed E-state index contributed by atoms with van der Waals surface area (Å²) in [7, 11) is 0. The van der Waals surface area contributed by atoms with Gasteiger partial charge in [-0.1, -0.05) is 27.2 Å². The van der Waals surface area contributed by atoms with Crippen LogP contribution in [-0.2, 0) is 4.79 Å². The molecule has 20 heavy (non-hydrogen) atoms. The maximum absolute atomic E-state index is 12.8. The molecule has 4 nitrogen and oxygen atoms in total. The fourth-order valence-corrected chi connectivity index (χ4v) is 2.65. The SMILES string of the molecule is CCCCN1C(=O)C(CC)(CC)Oc2cc(O)ccc21. The van der Waals surface area contributed by atoms with Gasteiger partial charge in [0.1, 0.15) is 11.5 Å². The van der Waals surface area contributed by atoms with Crippen molar-refractivity contribution in [2.45, 2.75) is 52.1 Å². The largest absolute Gasteiger partial charge is 0.508 e. The van der Waals surface area contributed by atoms with E-state index in [1.54, 1.807) is 18.2 Å². The quantitative estimate of drug-likeness (QED) is 0.896. The number of aromatic hydroxyl groups is 1. The molecule has 1 aromatic rings. The summed E-state index contributed by atoms with van der Waals surface area (Å²) in [6, 6.07) is 4.95. The van der Waals surface area contributed by atoms with Crippen LogP contribution in [0.5, 0.6) is 11.5 Å². The Balaban J connectivity index is 2.47. The summed E-state index contributed by atoms with van der Waals surface area (Å²) in [5, 5.41) is 9.65. The summed E-state index contributed by atoms with van der Waals surface area (Å²) in [4.78, 5) is 14.6. The summed E-state index contributed by atoms with van der Waals surface area (Å²) >= 11 is 0. The molecule has 110 valence electrons. The van der Waals surface area contributed by atoms with Crippen LogP contribution in [0.15, 0.2) is 18.2 Å². The summed E-state index contributed by atoms with van der Waals surface area (Å²) in [6.07, 6.45) is 3.24. The van der Waals surface area contributed by atoms with Crippen LogP contribution >= 0.6 is 0 Å². The van der Waals surface area contributed by atoms with Crippen LogP contribution in [-0.4, -0.2) is 23.2 Å². The minimum absolute atomic E-state index is 0.0362. The number of carbonyl (C=O) groups is 1. The maximum atomic E-state index is 12.8. The first-order chi connectivity index (χ1) is 9.57. The van der Waals surface area contributed by atoms with Gasteiger partial charge in [-0.15, -0.1) is 0 Å². The van der Waals surface area contributed by atoms with Gasteiger partial charge in [-0.3, -0.25) is 4.79 Å². The van der Waals surface area contributed by atoms with E-state index in [4.69, 9.17) is 4.74 Å². The number of unbranched alkanes of at least 4 members (excludes halogenated alkanes) is 1. The van der Waals surface area contributed by atoms with Crippen LogP contribution < -0.4 is 9.64 Å². The van der Waals surface area contributed by atoms with Gasteiger partial charge in [0.15, 0.2) is 5.60 Å². The molecule has 0 bridgehead atoms. The van der Waals surface area contributed by atoms with Crippen LogP contribution in [0.3, 0.4) is 0 Å². The molecule has 0 radical (unpaired) electrons. The van der Waals surface area contributed by atoms with E-state index in [2.05, 4.69) is 6.92 Å². The fourth-order valence-electron chi connectivity index (χ4n) is 2.65. The molecule has 0 spiro atoms. The third-order valence-corrected chi connectivity index (χ3v) is 4.05. The number of benzene rings is 1. The Morgan fingerprint density at radius 3 is 2.55 bits per heavy atom. The third-order valence-electron chi connectivity index (χ3n) is 4.05. The van der Waals surface area contributed by atoms with Gasteiger partial charge in [-0.2, -0.15) is 0 Å². The van der Waals surface area contributed by atoms with Crippen molar-refractivity contribution in [3.63, 3.8) is 0 Å². The minimum atomic E-state index is -0.797. The highest BCUT2D eigenvalue weighted by Gasteiger charge is 2.45. The number of phenols is 1. The number of hydrogen-bond donors (Lipinski definition) is 1. The highest BCUT2D eigenvalue weighted by atomic mass is 16.5. The Labute approximate surface area is 120 Å². The summed E-state index contributed by atoms with van der Waals surface area (Å²) in [5.74, 6) is 0.799. The van der Waals surface area contributed by atoms with Crippen LogP contribution in [0.2, 0.25) is 0 Å². The van der Waals surface area contributed by atoms with Gasteiger partial charge < -0.3 is 14.7 Å². The topological polar surface area (TPSA) is 49.8 Å². The normalized spacial score (nSPS) is 16.8. The first kappa shape index (κ1) is 14.7. The average Bonchev–Trinajstić information content (AvgIpc) is 2.46. The molecule has 1 aliphatic rings. The van der Waals surface area contributed by atoms with Crippen LogP contribution in [0.1, 0.15) is 46.5 Å². The predicted molar refractivity (Wildman–Crippen MR) is 79.3 cm³/mol. The molecule has 2 rings (SSSR count). The highest BCUT2D eigenvalue weighted by molar-refractivity contribution is 6.02. The Morgan fingerprint density at radius 1 is 1.25 bits per heavy atom. The lowest BCUT2D eigenvalue weighted by atomic mass is 9.92. The number of rotatable bonds is 5. The van der Waals surface area contributed by atoms with Gasteiger partial charge in [0, 0.05) is 12.6 Å². The van der Waals surface area contributed by atoms with Crippen molar-refractivity contribution >= 4 is 11.6 Å². The van der Waals surface area contributed by atoms with Crippen molar-refractivity contribution in [3.8, 4) is 11.5 Å². The number of amides is 1. The molecule has 1 N–H and O–H groups in total. The lowest BCUT2D eigenvalue weighted by molar-refractivity contribution is -0.136. The van der Waals surface area contributed by atoms with Crippen LogP contribution in [0, 0.1) is 0 Å². The van der Waals surface area contributed by atoms with Gasteiger partial charge in [0.05, 0.1) is 5.69 Å². The molecular weight excluding hydrogens is 254 g/mol. The zero-order chi connectivity index (χ0) is 14.8. The lowest BCUT2D eigenvalue weighted by Gasteiger charge is -2.42. The van der Waals surface area contributed by atoms with Gasteiger partial charge >= 0.3 is 0 Å². The zero-order valence-corrected chi connectivity index (χ0v) is 12.5. The number of nitrogens with zero attached hydrogens (tertiary/aromatic N) is 1. The number of hydrogen-bond acceptors (Lipinski definition) is 3. The van der Waals surface area contributed by atoms with E-state index >= 15 is 0 Å². The molecule has 0 atom stereocenters. The highest BCUT2D eigenvalue weighted by Crippen LogP contribution is 2.42. The molecule has 0 saturated carbocycles. The summed E-state index contributed by atoms with van der Waals surface area (Å²) < 4.78 is 5.97. The molecule has 0 aliphatic carbocycles. The number of anilines is 1.